The number of nitrogens with zero attached hydrogens (tertiary/aromatic N) is 3. The monoisotopic (exact) mass is 573 g/mol. The Morgan fingerprint density at radius 2 is 1.78 bits per heavy atom. The molecular weight excluding hydrogens is 538 g/mol. The van der Waals surface area contributed by atoms with E-state index < -0.39 is 9.84 Å². The number of amides is 1. The Balaban J connectivity index is 1.51. The normalized spacial score (nSPS) is 15.1. The molecule has 1 unspecified atom stereocenters. The quantitative estimate of drug-likeness (QED) is 0.250. The summed E-state index contributed by atoms with van der Waals surface area (Å²) in [6.45, 7) is 3.46. The Bertz CT molecular complexity index is 1580. The fourth-order valence-corrected chi connectivity index (χ4v) is 6.70. The van der Waals surface area contributed by atoms with Gasteiger partial charge in [-0.15, -0.1) is 0 Å². The van der Waals surface area contributed by atoms with Crippen LogP contribution in [0.15, 0.2) is 90.2 Å². The van der Waals surface area contributed by atoms with Gasteiger partial charge >= 0.3 is 0 Å². The molecule has 0 bridgehead atoms. The standard InChI is InChI=1S/C32H35N3O5S/c1-24-9-6-7-12-27(24)23-41(37,38)32-33-19-28(35(32)20-25-10-4-3-5-11-25)21-34(22-30-13-8-18-40-30)31(36)26-14-16-29(39-2)17-15-26/h3-7,9-12,14-17,19,30H,8,13,18,20-23H2,1-2H3. The van der Waals surface area contributed by atoms with E-state index in [1.807, 2.05) is 61.5 Å². The summed E-state index contributed by atoms with van der Waals surface area (Å²) in [5.41, 5.74) is 3.73. The highest BCUT2D eigenvalue weighted by Crippen LogP contribution is 2.24. The average Bonchev–Trinajstić information content (AvgIpc) is 3.64. The van der Waals surface area contributed by atoms with Crippen LogP contribution in [0.5, 0.6) is 5.75 Å². The Labute approximate surface area is 241 Å². The summed E-state index contributed by atoms with van der Waals surface area (Å²) in [6.07, 6.45) is 3.32. The fourth-order valence-electron chi connectivity index (χ4n) is 5.11. The van der Waals surface area contributed by atoms with E-state index in [9.17, 15) is 13.2 Å². The lowest BCUT2D eigenvalue weighted by Gasteiger charge is -2.26. The molecule has 0 saturated carbocycles. The number of benzene rings is 3. The van der Waals surface area contributed by atoms with Crippen LogP contribution < -0.4 is 4.74 Å². The van der Waals surface area contributed by atoms with E-state index in [0.717, 1.165) is 29.5 Å². The predicted octanol–water partition coefficient (Wildman–Crippen LogP) is 5.04. The smallest absolute Gasteiger partial charge is 0.254 e. The molecule has 1 fully saturated rings. The molecule has 9 heteroatoms. The van der Waals surface area contributed by atoms with Crippen LogP contribution in [0.4, 0.5) is 0 Å². The molecule has 1 saturated heterocycles. The van der Waals surface area contributed by atoms with Gasteiger partial charge in [0.05, 0.1) is 43.9 Å². The topological polar surface area (TPSA) is 90.7 Å². The molecule has 1 aromatic heterocycles. The lowest BCUT2D eigenvalue weighted by atomic mass is 10.1. The highest BCUT2D eigenvalue weighted by atomic mass is 32.2. The van der Waals surface area contributed by atoms with Gasteiger partial charge in [-0.1, -0.05) is 54.6 Å². The van der Waals surface area contributed by atoms with Gasteiger partial charge < -0.3 is 18.9 Å². The van der Waals surface area contributed by atoms with E-state index in [2.05, 4.69) is 4.98 Å². The first kappa shape index (κ1) is 28.6. The Kier molecular flexibility index (Phi) is 8.85. The van der Waals surface area contributed by atoms with Crippen LogP contribution in [0.2, 0.25) is 0 Å². The second kappa shape index (κ2) is 12.7. The van der Waals surface area contributed by atoms with Crippen molar-refractivity contribution in [3.8, 4) is 5.75 Å². The zero-order chi connectivity index (χ0) is 28.8. The summed E-state index contributed by atoms with van der Waals surface area (Å²) < 4.78 is 40.4. The number of carbonyl (C=O) groups excluding carboxylic acids is 1. The van der Waals surface area contributed by atoms with Crippen LogP contribution in [-0.4, -0.2) is 55.1 Å². The zero-order valence-corrected chi connectivity index (χ0v) is 24.2. The van der Waals surface area contributed by atoms with E-state index in [-0.39, 0.29) is 29.5 Å². The van der Waals surface area contributed by atoms with Crippen molar-refractivity contribution in [3.05, 3.63) is 113 Å². The third-order valence-electron chi connectivity index (χ3n) is 7.40. The van der Waals surface area contributed by atoms with Gasteiger partial charge in [-0.2, -0.15) is 0 Å². The molecule has 3 aromatic carbocycles. The van der Waals surface area contributed by atoms with Gasteiger partial charge in [-0.05, 0) is 60.7 Å². The van der Waals surface area contributed by atoms with Crippen molar-refractivity contribution in [3.63, 3.8) is 0 Å². The molecule has 1 amide bonds. The number of hydrogen-bond donors (Lipinski definition) is 0. The molecule has 2 heterocycles. The van der Waals surface area contributed by atoms with Gasteiger partial charge in [0.1, 0.15) is 5.75 Å². The van der Waals surface area contributed by atoms with Crippen molar-refractivity contribution in [2.45, 2.75) is 49.9 Å². The van der Waals surface area contributed by atoms with Crippen LogP contribution in [0, 0.1) is 6.92 Å². The third-order valence-corrected chi connectivity index (χ3v) is 8.97. The van der Waals surface area contributed by atoms with Gasteiger partial charge in [0.25, 0.3) is 5.91 Å². The highest BCUT2D eigenvalue weighted by molar-refractivity contribution is 7.90. The molecule has 0 N–H and O–H groups in total. The summed E-state index contributed by atoms with van der Waals surface area (Å²) in [4.78, 5) is 19.9. The highest BCUT2D eigenvalue weighted by Gasteiger charge is 2.28. The van der Waals surface area contributed by atoms with Gasteiger partial charge in [0.2, 0.25) is 15.0 Å². The van der Waals surface area contributed by atoms with Gasteiger partial charge in [-0.3, -0.25) is 4.79 Å². The van der Waals surface area contributed by atoms with Crippen molar-refractivity contribution < 1.29 is 22.7 Å². The Morgan fingerprint density at radius 3 is 2.46 bits per heavy atom. The maximum Gasteiger partial charge on any atom is 0.254 e. The van der Waals surface area contributed by atoms with Crippen LogP contribution in [0.1, 0.15) is 45.6 Å². The molecule has 8 nitrogen and oxygen atoms in total. The van der Waals surface area contributed by atoms with E-state index in [1.54, 1.807) is 47.0 Å². The number of methoxy groups -OCH3 is 1. The number of rotatable bonds is 11. The number of aryl methyl sites for hydroxylation is 1. The lowest BCUT2D eigenvalue weighted by Crippen LogP contribution is -2.37. The first-order valence-corrected chi connectivity index (χ1v) is 15.4. The number of hydrogen-bond acceptors (Lipinski definition) is 6. The molecule has 4 aromatic rings. The predicted molar refractivity (Wildman–Crippen MR) is 157 cm³/mol. The average molecular weight is 574 g/mol. The minimum Gasteiger partial charge on any atom is -0.497 e. The van der Waals surface area contributed by atoms with Crippen LogP contribution >= 0.6 is 0 Å². The number of sulfone groups is 1. The minimum atomic E-state index is -3.79. The van der Waals surface area contributed by atoms with E-state index >= 15 is 0 Å². The molecule has 1 aliphatic heterocycles. The second-order valence-corrected chi connectivity index (χ2v) is 12.2. The van der Waals surface area contributed by atoms with E-state index in [1.165, 1.54) is 0 Å². The van der Waals surface area contributed by atoms with Crippen molar-refractivity contribution in [1.82, 2.24) is 14.5 Å². The summed E-state index contributed by atoms with van der Waals surface area (Å²) >= 11 is 0. The van der Waals surface area contributed by atoms with Crippen molar-refractivity contribution in [2.75, 3.05) is 20.3 Å². The SMILES string of the molecule is COc1ccc(C(=O)N(Cc2cnc(S(=O)(=O)Cc3ccccc3C)n2Cc2ccccc2)CC2CCCO2)cc1. The molecule has 0 aliphatic carbocycles. The number of carbonyl (C=O) groups is 1. The van der Waals surface area contributed by atoms with Crippen molar-refractivity contribution in [1.29, 1.82) is 0 Å². The molecule has 1 aliphatic rings. The van der Waals surface area contributed by atoms with Crippen LogP contribution in [0.3, 0.4) is 0 Å². The number of imidazole rings is 1. The van der Waals surface area contributed by atoms with Gasteiger partial charge in [-0.25, -0.2) is 13.4 Å². The molecule has 41 heavy (non-hydrogen) atoms. The maximum absolute atomic E-state index is 13.8. The summed E-state index contributed by atoms with van der Waals surface area (Å²) in [5, 5.41) is -0.00595. The molecule has 5 rings (SSSR count). The summed E-state index contributed by atoms with van der Waals surface area (Å²) in [6, 6.07) is 24.1. The third kappa shape index (κ3) is 6.86. The molecule has 214 valence electrons. The Hall–Kier alpha value is -3.95. The summed E-state index contributed by atoms with van der Waals surface area (Å²) in [7, 11) is -2.21. The van der Waals surface area contributed by atoms with Crippen molar-refractivity contribution in [2.24, 2.45) is 0 Å². The number of ether oxygens (including phenoxy) is 2. The van der Waals surface area contributed by atoms with E-state index in [4.69, 9.17) is 9.47 Å². The lowest BCUT2D eigenvalue weighted by molar-refractivity contribution is 0.0501. The fraction of sp³-hybridized carbons (Fsp3) is 0.312. The summed E-state index contributed by atoms with van der Waals surface area (Å²) in [5.74, 6) is 0.339. The molecule has 1 atom stereocenters. The second-order valence-electron chi connectivity index (χ2n) is 10.3. The van der Waals surface area contributed by atoms with E-state index in [0.29, 0.717) is 36.7 Å². The van der Waals surface area contributed by atoms with Gasteiger partial charge in [0.15, 0.2) is 0 Å². The molecular formula is C32H35N3O5S. The molecule has 0 spiro atoms. The van der Waals surface area contributed by atoms with Crippen molar-refractivity contribution >= 4 is 15.7 Å². The first-order valence-electron chi connectivity index (χ1n) is 13.7. The maximum atomic E-state index is 13.8. The largest absolute Gasteiger partial charge is 0.497 e. The van der Waals surface area contributed by atoms with Gasteiger partial charge in [0, 0.05) is 18.7 Å². The molecule has 0 radical (unpaired) electrons. The Morgan fingerprint density at radius 1 is 1.05 bits per heavy atom. The number of aromatic nitrogens is 2. The van der Waals surface area contributed by atoms with Crippen LogP contribution in [-0.2, 0) is 33.4 Å². The first-order chi connectivity index (χ1) is 19.8. The van der Waals surface area contributed by atoms with Crippen LogP contribution in [0.25, 0.3) is 0 Å². The minimum absolute atomic E-state index is 0.00595. The zero-order valence-electron chi connectivity index (χ0n) is 23.4.